The van der Waals surface area contributed by atoms with Crippen molar-refractivity contribution in [2.24, 2.45) is 0 Å². The van der Waals surface area contributed by atoms with Crippen molar-refractivity contribution in [1.29, 1.82) is 0 Å². The van der Waals surface area contributed by atoms with Gasteiger partial charge in [0.2, 0.25) is 0 Å². The van der Waals surface area contributed by atoms with Crippen molar-refractivity contribution in [3.05, 3.63) is 94.5 Å². The Balaban J connectivity index is 1.56. The predicted octanol–water partition coefficient (Wildman–Crippen LogP) is 3.95. The third kappa shape index (κ3) is 6.31. The number of carboxylic acid groups (broad SMARTS) is 1. The fourth-order valence-corrected chi connectivity index (χ4v) is 4.29. The summed E-state index contributed by atoms with van der Waals surface area (Å²) in [5.41, 5.74) is 3.38. The van der Waals surface area contributed by atoms with E-state index in [-0.39, 0.29) is 16.0 Å². The van der Waals surface area contributed by atoms with E-state index in [1.54, 1.807) is 36.0 Å². The second kappa shape index (κ2) is 9.97. The number of hydrogen-bond acceptors (Lipinski definition) is 5. The molecule has 0 unspecified atom stereocenters. The number of sulfonamides is 1. The Morgan fingerprint density at radius 1 is 0.871 bits per heavy atom. The maximum atomic E-state index is 12.3. The van der Waals surface area contributed by atoms with E-state index in [1.807, 2.05) is 29.1 Å². The number of hydrogen-bond donors (Lipinski definition) is 3. The molecule has 0 spiro atoms. The maximum Gasteiger partial charge on any atom is 0.335 e. The van der Waals surface area contributed by atoms with Crippen molar-refractivity contribution in [2.75, 3.05) is 0 Å². The number of aromatic carboxylic acids is 1. The normalized spacial score (nSPS) is 11.1. The van der Waals surface area contributed by atoms with Crippen LogP contribution >= 0.6 is 23.4 Å². The van der Waals surface area contributed by atoms with E-state index >= 15 is 0 Å². The molecule has 0 aliphatic carbocycles. The molecule has 0 atom stereocenters. The highest BCUT2D eigenvalue weighted by atomic mass is 35.5. The first-order chi connectivity index (χ1) is 14.7. The van der Waals surface area contributed by atoms with E-state index in [4.69, 9.17) is 16.7 Å². The summed E-state index contributed by atoms with van der Waals surface area (Å²) in [5, 5.41) is 9.55. The van der Waals surface area contributed by atoms with Gasteiger partial charge >= 0.3 is 5.97 Å². The number of benzene rings is 3. The van der Waals surface area contributed by atoms with Crippen LogP contribution in [0.4, 0.5) is 0 Å². The van der Waals surface area contributed by atoms with E-state index in [9.17, 15) is 18.0 Å². The lowest BCUT2D eigenvalue weighted by molar-refractivity contribution is 0.0696. The molecule has 0 heterocycles. The molecule has 10 heteroatoms. The number of amides is 1. The summed E-state index contributed by atoms with van der Waals surface area (Å²) in [6, 6.07) is 18.9. The zero-order valence-corrected chi connectivity index (χ0v) is 18.3. The van der Waals surface area contributed by atoms with E-state index in [0.717, 1.165) is 22.6 Å². The van der Waals surface area contributed by atoms with Crippen molar-refractivity contribution in [3.63, 3.8) is 0 Å². The molecule has 3 aromatic carbocycles. The topological polar surface area (TPSA) is 113 Å². The second-order valence-corrected chi connectivity index (χ2v) is 9.50. The summed E-state index contributed by atoms with van der Waals surface area (Å²) in [5.74, 6) is -1.09. The maximum absolute atomic E-state index is 12.3. The molecule has 0 aromatic heterocycles. The Morgan fingerprint density at radius 3 is 2.03 bits per heavy atom. The third-order valence-electron chi connectivity index (χ3n) is 4.15. The number of thioether (sulfide) groups is 1. The smallest absolute Gasteiger partial charge is 0.335 e. The SMILES string of the molecule is O=C(O)c1ccc(S(=O)(=O)NNC(=O)c2ccc(CSc3ccc(Cl)cc3)cc2)cc1. The zero-order chi connectivity index (χ0) is 22.4. The Bertz CT molecular complexity index is 1180. The number of carbonyl (C=O) groups excluding carboxylic acids is 1. The van der Waals surface area contributed by atoms with Crippen LogP contribution in [0.2, 0.25) is 5.02 Å². The molecule has 0 saturated carbocycles. The molecule has 7 nitrogen and oxygen atoms in total. The molecule has 0 aliphatic rings. The van der Waals surface area contributed by atoms with Crippen molar-refractivity contribution in [2.45, 2.75) is 15.5 Å². The number of carbonyl (C=O) groups is 2. The second-order valence-electron chi connectivity index (χ2n) is 6.33. The van der Waals surface area contributed by atoms with Gasteiger partial charge < -0.3 is 5.11 Å². The van der Waals surface area contributed by atoms with Crippen LogP contribution in [-0.2, 0) is 15.8 Å². The lowest BCUT2D eigenvalue weighted by atomic mass is 10.1. The zero-order valence-electron chi connectivity index (χ0n) is 15.9. The fourth-order valence-electron chi connectivity index (χ4n) is 2.47. The Labute approximate surface area is 188 Å². The van der Waals surface area contributed by atoms with Gasteiger partial charge in [0.15, 0.2) is 0 Å². The van der Waals surface area contributed by atoms with Gasteiger partial charge in [0.05, 0.1) is 10.5 Å². The predicted molar refractivity (Wildman–Crippen MR) is 119 cm³/mol. The van der Waals surface area contributed by atoms with Gasteiger partial charge in [0, 0.05) is 21.2 Å². The largest absolute Gasteiger partial charge is 0.478 e. The van der Waals surface area contributed by atoms with Gasteiger partial charge in [0.25, 0.3) is 15.9 Å². The Kier molecular flexibility index (Phi) is 7.34. The lowest BCUT2D eigenvalue weighted by Gasteiger charge is -2.09. The monoisotopic (exact) mass is 476 g/mol. The molecule has 160 valence electrons. The van der Waals surface area contributed by atoms with Gasteiger partial charge in [-0.25, -0.2) is 13.2 Å². The molecule has 3 N–H and O–H groups in total. The molecule has 3 aromatic rings. The molecule has 0 fully saturated rings. The van der Waals surface area contributed by atoms with E-state index in [2.05, 4.69) is 5.43 Å². The third-order valence-corrected chi connectivity index (χ3v) is 6.74. The van der Waals surface area contributed by atoms with Gasteiger partial charge in [-0.1, -0.05) is 23.7 Å². The minimum atomic E-state index is -4.04. The van der Waals surface area contributed by atoms with E-state index < -0.39 is 21.9 Å². The molecule has 0 radical (unpaired) electrons. The van der Waals surface area contributed by atoms with E-state index in [0.29, 0.717) is 10.8 Å². The highest BCUT2D eigenvalue weighted by Gasteiger charge is 2.16. The van der Waals surface area contributed by atoms with Crippen molar-refractivity contribution in [1.82, 2.24) is 10.3 Å². The number of halogens is 1. The van der Waals surface area contributed by atoms with Gasteiger partial charge in [-0.2, -0.15) is 0 Å². The Morgan fingerprint density at radius 2 is 1.45 bits per heavy atom. The Hall–Kier alpha value is -2.85. The van der Waals surface area contributed by atoms with Crippen LogP contribution in [0.5, 0.6) is 0 Å². The van der Waals surface area contributed by atoms with E-state index in [1.165, 1.54) is 12.1 Å². The van der Waals surface area contributed by atoms with Gasteiger partial charge in [0.1, 0.15) is 0 Å². The molecule has 0 bridgehead atoms. The van der Waals surface area contributed by atoms with Crippen molar-refractivity contribution >= 4 is 45.3 Å². The quantitative estimate of drug-likeness (QED) is 0.335. The van der Waals surface area contributed by atoms with Crippen LogP contribution in [-0.4, -0.2) is 25.4 Å². The number of carboxylic acids is 1. The van der Waals surface area contributed by atoms with Crippen LogP contribution < -0.4 is 10.3 Å². The molecule has 0 saturated heterocycles. The molecular formula is C21H17ClN2O5S2. The van der Waals surface area contributed by atoms with Crippen molar-refractivity contribution < 1.29 is 23.1 Å². The van der Waals surface area contributed by atoms with Crippen LogP contribution in [0.15, 0.2) is 82.6 Å². The van der Waals surface area contributed by atoms with Gasteiger partial charge in [-0.15, -0.1) is 16.6 Å². The lowest BCUT2D eigenvalue weighted by Crippen LogP contribution is -2.41. The van der Waals surface area contributed by atoms with Gasteiger partial charge in [-0.3, -0.25) is 10.2 Å². The number of nitrogens with one attached hydrogen (secondary N) is 2. The van der Waals surface area contributed by atoms with Gasteiger partial charge in [-0.05, 0) is 66.2 Å². The first-order valence-electron chi connectivity index (χ1n) is 8.87. The first kappa shape index (κ1) is 22.8. The number of hydrazine groups is 1. The summed E-state index contributed by atoms with van der Waals surface area (Å²) in [4.78, 5) is 26.0. The van der Waals surface area contributed by atoms with Crippen LogP contribution in [0.3, 0.4) is 0 Å². The molecule has 3 rings (SSSR count). The average molecular weight is 477 g/mol. The van der Waals surface area contributed by atoms with Crippen molar-refractivity contribution in [3.8, 4) is 0 Å². The molecular weight excluding hydrogens is 460 g/mol. The van der Waals surface area contributed by atoms with Crippen LogP contribution in [0.1, 0.15) is 26.3 Å². The molecule has 31 heavy (non-hydrogen) atoms. The molecule has 1 amide bonds. The summed E-state index contributed by atoms with van der Waals surface area (Å²) in [7, 11) is -4.04. The minimum Gasteiger partial charge on any atom is -0.478 e. The standard InChI is InChI=1S/C21H17ClN2O5S2/c22-17-7-9-18(10-8-17)30-13-14-1-3-15(4-2-14)20(25)23-24-31(28,29)19-11-5-16(6-12-19)21(26)27/h1-12,24H,13H2,(H,23,25)(H,26,27). The fraction of sp³-hybridized carbons (Fsp3) is 0.0476. The summed E-state index contributed by atoms with van der Waals surface area (Å²) >= 11 is 7.49. The average Bonchev–Trinajstić information content (AvgIpc) is 2.77. The highest BCUT2D eigenvalue weighted by molar-refractivity contribution is 7.98. The first-order valence-corrected chi connectivity index (χ1v) is 11.7. The van der Waals surface area contributed by atoms with Crippen LogP contribution in [0.25, 0.3) is 0 Å². The summed E-state index contributed by atoms with van der Waals surface area (Å²) in [6.07, 6.45) is 0. The highest BCUT2D eigenvalue weighted by Crippen LogP contribution is 2.24. The summed E-state index contributed by atoms with van der Waals surface area (Å²) in [6.45, 7) is 0. The number of rotatable bonds is 8. The minimum absolute atomic E-state index is 0.0442. The van der Waals surface area contributed by atoms with Crippen LogP contribution in [0, 0.1) is 0 Å². The summed E-state index contributed by atoms with van der Waals surface area (Å²) < 4.78 is 24.5. The molecule has 0 aliphatic heterocycles.